The summed E-state index contributed by atoms with van der Waals surface area (Å²) in [5, 5.41) is 0. The van der Waals surface area contributed by atoms with Crippen LogP contribution < -0.4 is 4.74 Å². The molecule has 0 aliphatic rings. The number of aromatic nitrogens is 2. The van der Waals surface area contributed by atoms with Gasteiger partial charge in [0, 0.05) is 6.54 Å². The fourth-order valence-corrected chi connectivity index (χ4v) is 2.91. The summed E-state index contributed by atoms with van der Waals surface area (Å²) in [5.41, 5.74) is 2.53. The molecule has 25 heavy (non-hydrogen) atoms. The predicted octanol–water partition coefficient (Wildman–Crippen LogP) is 4.80. The van der Waals surface area contributed by atoms with Crippen LogP contribution >= 0.6 is 0 Å². The first kappa shape index (κ1) is 15.4. The summed E-state index contributed by atoms with van der Waals surface area (Å²) in [6, 6.07) is 16.2. The Morgan fingerprint density at radius 2 is 1.88 bits per heavy atom. The minimum atomic E-state index is -0.287. The minimum absolute atomic E-state index is 0.287. The smallest absolute Gasteiger partial charge is 0.177 e. The zero-order chi connectivity index (χ0) is 17.4. The molecule has 0 unspecified atom stereocenters. The molecule has 0 saturated carbocycles. The van der Waals surface area contributed by atoms with Crippen molar-refractivity contribution in [2.24, 2.45) is 0 Å². The van der Waals surface area contributed by atoms with E-state index in [9.17, 15) is 4.39 Å². The van der Waals surface area contributed by atoms with Gasteiger partial charge in [-0.05, 0) is 55.0 Å². The summed E-state index contributed by atoms with van der Waals surface area (Å²) in [4.78, 5) is 4.65. The number of rotatable bonds is 4. The number of nitrogens with zero attached hydrogens (tertiary/aromatic N) is 2. The number of fused-ring (bicyclic) bond motifs is 1. The molecule has 0 N–H and O–H groups in total. The van der Waals surface area contributed by atoms with Crippen LogP contribution in [0.25, 0.3) is 22.6 Å². The molecule has 0 aliphatic heterocycles. The van der Waals surface area contributed by atoms with Crippen molar-refractivity contribution in [1.29, 1.82) is 0 Å². The second-order valence-electron chi connectivity index (χ2n) is 5.91. The summed E-state index contributed by atoms with van der Waals surface area (Å²) in [6.07, 6.45) is 0. The van der Waals surface area contributed by atoms with Crippen LogP contribution in [0.2, 0.25) is 0 Å². The van der Waals surface area contributed by atoms with Gasteiger partial charge < -0.3 is 13.7 Å². The topological polar surface area (TPSA) is 40.2 Å². The first-order chi connectivity index (χ1) is 12.1. The van der Waals surface area contributed by atoms with Crippen LogP contribution in [0.1, 0.15) is 11.3 Å². The zero-order valence-electron chi connectivity index (χ0n) is 14.0. The van der Waals surface area contributed by atoms with Gasteiger partial charge in [-0.25, -0.2) is 9.37 Å². The Kier molecular flexibility index (Phi) is 3.76. The first-order valence-corrected chi connectivity index (χ1v) is 7.99. The number of furan rings is 1. The van der Waals surface area contributed by atoms with Crippen molar-refractivity contribution in [3.63, 3.8) is 0 Å². The third-order valence-corrected chi connectivity index (χ3v) is 4.17. The highest BCUT2D eigenvalue weighted by molar-refractivity contribution is 5.80. The van der Waals surface area contributed by atoms with Gasteiger partial charge >= 0.3 is 0 Å². The van der Waals surface area contributed by atoms with Crippen LogP contribution in [0.4, 0.5) is 4.39 Å². The van der Waals surface area contributed by atoms with Crippen LogP contribution in [-0.2, 0) is 6.54 Å². The second-order valence-corrected chi connectivity index (χ2v) is 5.91. The summed E-state index contributed by atoms with van der Waals surface area (Å²) >= 11 is 0. The van der Waals surface area contributed by atoms with Crippen LogP contribution in [0.3, 0.4) is 0 Å². The average Bonchev–Trinajstić information content (AvgIpc) is 3.19. The van der Waals surface area contributed by atoms with Gasteiger partial charge in [0.2, 0.25) is 0 Å². The number of halogens is 1. The minimum Gasteiger partial charge on any atom is -0.497 e. The maximum absolute atomic E-state index is 13.8. The number of hydrogen-bond acceptors (Lipinski definition) is 3. The maximum Gasteiger partial charge on any atom is 0.177 e. The number of ether oxygens (including phenoxy) is 1. The molecule has 0 saturated heterocycles. The Balaban J connectivity index is 1.85. The molecule has 0 radical (unpaired) electrons. The lowest BCUT2D eigenvalue weighted by Crippen LogP contribution is -2.02. The monoisotopic (exact) mass is 336 g/mol. The molecule has 126 valence electrons. The highest BCUT2D eigenvalue weighted by atomic mass is 19.1. The van der Waals surface area contributed by atoms with Crippen molar-refractivity contribution in [2.45, 2.75) is 13.5 Å². The largest absolute Gasteiger partial charge is 0.497 e. The van der Waals surface area contributed by atoms with Crippen LogP contribution in [0.15, 0.2) is 59.0 Å². The number of benzene rings is 2. The van der Waals surface area contributed by atoms with E-state index >= 15 is 0 Å². The van der Waals surface area contributed by atoms with Gasteiger partial charge in [0.1, 0.15) is 17.3 Å². The van der Waals surface area contributed by atoms with E-state index in [0.717, 1.165) is 28.1 Å². The van der Waals surface area contributed by atoms with Crippen LogP contribution in [0.5, 0.6) is 5.75 Å². The first-order valence-electron chi connectivity index (χ1n) is 7.99. The second kappa shape index (κ2) is 6.09. The van der Waals surface area contributed by atoms with Gasteiger partial charge in [-0.2, -0.15) is 0 Å². The van der Waals surface area contributed by atoms with Gasteiger partial charge in [-0.3, -0.25) is 0 Å². The van der Waals surface area contributed by atoms with E-state index in [4.69, 9.17) is 9.15 Å². The lowest BCUT2D eigenvalue weighted by atomic mass is 10.2. The van der Waals surface area contributed by atoms with Gasteiger partial charge in [0.15, 0.2) is 11.6 Å². The Morgan fingerprint density at radius 1 is 1.08 bits per heavy atom. The van der Waals surface area contributed by atoms with E-state index in [2.05, 4.69) is 4.98 Å². The zero-order valence-corrected chi connectivity index (χ0v) is 14.0. The fourth-order valence-electron chi connectivity index (χ4n) is 2.91. The lowest BCUT2D eigenvalue weighted by Gasteiger charge is -2.09. The standard InChI is InChI=1S/C20H17FN2O2/c1-13-3-10-19(25-13)20-22-17-9-6-15(21)11-18(17)23(20)12-14-4-7-16(24-2)8-5-14/h3-11H,12H2,1-2H3. The third-order valence-electron chi connectivity index (χ3n) is 4.17. The highest BCUT2D eigenvalue weighted by Gasteiger charge is 2.16. The molecule has 0 bridgehead atoms. The maximum atomic E-state index is 13.8. The van der Waals surface area contributed by atoms with Crippen LogP contribution in [0, 0.1) is 12.7 Å². The molecule has 4 nitrogen and oxygen atoms in total. The Hall–Kier alpha value is -3.08. The SMILES string of the molecule is COc1ccc(Cn2c(-c3ccc(C)o3)nc3ccc(F)cc32)cc1. The average molecular weight is 336 g/mol. The quantitative estimate of drug-likeness (QED) is 0.537. The molecule has 2 aromatic carbocycles. The van der Waals surface area contributed by atoms with Crippen molar-refractivity contribution in [3.8, 4) is 17.3 Å². The molecule has 5 heteroatoms. The molecular formula is C20H17FN2O2. The molecule has 0 aliphatic carbocycles. The highest BCUT2D eigenvalue weighted by Crippen LogP contribution is 2.28. The van der Waals surface area contributed by atoms with Gasteiger partial charge in [0.05, 0.1) is 18.1 Å². The lowest BCUT2D eigenvalue weighted by molar-refractivity contribution is 0.414. The van der Waals surface area contributed by atoms with E-state index in [1.807, 2.05) is 47.9 Å². The number of aryl methyl sites for hydroxylation is 1. The van der Waals surface area contributed by atoms with Crippen molar-refractivity contribution >= 4 is 11.0 Å². The fraction of sp³-hybridized carbons (Fsp3) is 0.150. The molecule has 0 fully saturated rings. The summed E-state index contributed by atoms with van der Waals surface area (Å²) < 4.78 is 26.7. The number of methoxy groups -OCH3 is 1. The molecule has 0 amide bonds. The normalized spacial score (nSPS) is 11.2. The number of imidazole rings is 1. The Labute approximate surface area is 144 Å². The van der Waals surface area contributed by atoms with E-state index in [1.54, 1.807) is 13.2 Å². The Morgan fingerprint density at radius 3 is 2.56 bits per heavy atom. The molecule has 0 spiro atoms. The molecule has 2 heterocycles. The van der Waals surface area contributed by atoms with Gasteiger partial charge in [-0.1, -0.05) is 12.1 Å². The molecular weight excluding hydrogens is 319 g/mol. The van der Waals surface area contributed by atoms with Crippen molar-refractivity contribution < 1.29 is 13.5 Å². The summed E-state index contributed by atoms with van der Waals surface area (Å²) in [7, 11) is 1.64. The predicted molar refractivity (Wildman–Crippen MR) is 94.2 cm³/mol. The van der Waals surface area contributed by atoms with E-state index in [0.29, 0.717) is 18.1 Å². The molecule has 4 rings (SSSR count). The summed E-state index contributed by atoms with van der Waals surface area (Å²) in [5.74, 6) is 2.68. The Bertz CT molecular complexity index is 1030. The van der Waals surface area contributed by atoms with Crippen molar-refractivity contribution in [2.75, 3.05) is 7.11 Å². The summed E-state index contributed by atoms with van der Waals surface area (Å²) in [6.45, 7) is 2.44. The van der Waals surface area contributed by atoms with Crippen molar-refractivity contribution in [1.82, 2.24) is 9.55 Å². The van der Waals surface area contributed by atoms with Gasteiger partial charge in [0.25, 0.3) is 0 Å². The molecule has 4 aromatic rings. The molecule has 0 atom stereocenters. The van der Waals surface area contributed by atoms with E-state index < -0.39 is 0 Å². The number of hydrogen-bond donors (Lipinski definition) is 0. The van der Waals surface area contributed by atoms with Crippen LogP contribution in [-0.4, -0.2) is 16.7 Å². The van der Waals surface area contributed by atoms with E-state index in [1.165, 1.54) is 12.1 Å². The van der Waals surface area contributed by atoms with E-state index in [-0.39, 0.29) is 5.82 Å². The van der Waals surface area contributed by atoms with Crippen molar-refractivity contribution in [3.05, 3.63) is 71.7 Å². The van der Waals surface area contributed by atoms with Gasteiger partial charge in [-0.15, -0.1) is 0 Å². The molecule has 2 aromatic heterocycles. The third kappa shape index (κ3) is 2.89.